The quantitative estimate of drug-likeness (QED) is 0.361. The summed E-state index contributed by atoms with van der Waals surface area (Å²) in [6.07, 6.45) is 0. The Labute approximate surface area is 194 Å². The van der Waals surface area contributed by atoms with Crippen molar-refractivity contribution in [1.82, 2.24) is 0 Å². The molecule has 3 aromatic carbocycles. The smallest absolute Gasteiger partial charge is 0.266 e. The van der Waals surface area contributed by atoms with Gasteiger partial charge in [-0.3, -0.25) is 9.59 Å². The van der Waals surface area contributed by atoms with Gasteiger partial charge in [0, 0.05) is 31.2 Å². The first-order chi connectivity index (χ1) is 16.0. The molecule has 0 heterocycles. The molecule has 0 aliphatic heterocycles. The molecular weight excluding hydrogens is 502 g/mol. The average Bonchev–Trinajstić information content (AvgIpc) is 2.80. The van der Waals surface area contributed by atoms with E-state index in [0.717, 1.165) is 36.4 Å². The van der Waals surface area contributed by atoms with Crippen molar-refractivity contribution in [3.63, 3.8) is 0 Å². The molecule has 0 aromatic heterocycles. The summed E-state index contributed by atoms with van der Waals surface area (Å²) in [7, 11) is -5.71. The van der Waals surface area contributed by atoms with Crippen LogP contribution in [-0.4, -0.2) is 22.8 Å². The number of nitrogens with zero attached hydrogens (tertiary/aromatic N) is 2. The zero-order valence-corrected chi connectivity index (χ0v) is 18.5. The average molecular weight is 516 g/mol. The van der Waals surface area contributed by atoms with Crippen LogP contribution in [0.1, 0.15) is 20.7 Å². The van der Waals surface area contributed by atoms with Crippen LogP contribution in [0.2, 0.25) is 0 Å². The van der Waals surface area contributed by atoms with Crippen LogP contribution in [0.4, 0.5) is 26.3 Å². The molecule has 0 saturated carbocycles. The fourth-order valence-electron chi connectivity index (χ4n) is 2.70. The first-order valence-electron chi connectivity index (χ1n) is 9.32. The Bertz CT molecular complexity index is 1160. The van der Waals surface area contributed by atoms with Crippen LogP contribution in [-0.2, 0) is 21.4 Å². The fourth-order valence-corrected chi connectivity index (χ4v) is 5.01. The van der Waals surface area contributed by atoms with E-state index in [1.165, 1.54) is 48.5 Å². The Hall–Kier alpha value is -3.12. The SMILES string of the molecule is O=C(N=S(c1ccccc1)C(F)(F)F)c1ccccc1C(=O)N=S(c1ccccc1)C(F)(F)F. The molecule has 4 nitrogen and oxygen atoms in total. The lowest BCUT2D eigenvalue weighted by Crippen LogP contribution is -2.19. The first kappa shape index (κ1) is 25.5. The minimum atomic E-state index is -4.89. The number of rotatable bonds is 4. The van der Waals surface area contributed by atoms with E-state index in [1.807, 2.05) is 0 Å². The molecule has 0 radical (unpaired) electrons. The zero-order chi connectivity index (χ0) is 24.9. The third kappa shape index (κ3) is 6.26. The summed E-state index contributed by atoms with van der Waals surface area (Å²) in [5.74, 6) is -2.79. The van der Waals surface area contributed by atoms with Gasteiger partial charge in [0.15, 0.2) is 0 Å². The predicted octanol–water partition coefficient (Wildman–Crippen LogP) is 6.73. The van der Waals surface area contributed by atoms with Crippen molar-refractivity contribution in [3.8, 4) is 0 Å². The van der Waals surface area contributed by atoms with Crippen molar-refractivity contribution in [3.05, 3.63) is 96.1 Å². The van der Waals surface area contributed by atoms with Crippen molar-refractivity contribution < 1.29 is 35.9 Å². The second-order valence-corrected chi connectivity index (χ2v) is 9.80. The van der Waals surface area contributed by atoms with Crippen LogP contribution < -0.4 is 0 Å². The third-order valence-corrected chi connectivity index (χ3v) is 7.12. The molecule has 0 aliphatic rings. The van der Waals surface area contributed by atoms with E-state index in [-0.39, 0.29) is 9.79 Å². The van der Waals surface area contributed by atoms with Crippen molar-refractivity contribution >= 4 is 33.2 Å². The van der Waals surface area contributed by atoms with E-state index in [2.05, 4.69) is 8.73 Å². The van der Waals surface area contributed by atoms with Crippen LogP contribution in [0.5, 0.6) is 0 Å². The van der Waals surface area contributed by atoms with Gasteiger partial charge >= 0.3 is 11.0 Å². The maximum absolute atomic E-state index is 13.6. The number of carbonyl (C=O) groups excluding carboxylic acids is 2. The molecule has 2 unspecified atom stereocenters. The number of alkyl halides is 6. The van der Waals surface area contributed by atoms with Crippen molar-refractivity contribution in [1.29, 1.82) is 0 Å². The maximum atomic E-state index is 13.6. The maximum Gasteiger partial charge on any atom is 0.457 e. The standard InChI is InChI=1S/C22H14F6N2O2S2/c23-21(24,25)33(15-9-3-1-4-10-15)29-19(31)17-13-7-8-14-18(17)20(32)30-34(22(26,27)28)16-11-5-2-6-12-16/h1-14H. The van der Waals surface area contributed by atoms with Gasteiger partial charge in [0.2, 0.25) is 0 Å². The third-order valence-electron chi connectivity index (χ3n) is 4.11. The van der Waals surface area contributed by atoms with Gasteiger partial charge in [-0.2, -0.15) is 35.1 Å². The van der Waals surface area contributed by atoms with Crippen molar-refractivity contribution in [2.45, 2.75) is 20.8 Å². The van der Waals surface area contributed by atoms with E-state index in [9.17, 15) is 35.9 Å². The van der Waals surface area contributed by atoms with E-state index in [0.29, 0.717) is 0 Å². The molecule has 0 aliphatic carbocycles. The monoisotopic (exact) mass is 516 g/mol. The molecule has 0 N–H and O–H groups in total. The fraction of sp³-hybridized carbons (Fsp3) is 0.0909. The van der Waals surface area contributed by atoms with Crippen LogP contribution in [0, 0.1) is 0 Å². The summed E-state index contributed by atoms with van der Waals surface area (Å²) in [6, 6.07) is 17.5. The van der Waals surface area contributed by atoms with Crippen LogP contribution in [0.3, 0.4) is 0 Å². The predicted molar refractivity (Wildman–Crippen MR) is 116 cm³/mol. The lowest BCUT2D eigenvalue weighted by atomic mass is 10.1. The van der Waals surface area contributed by atoms with Gasteiger partial charge in [-0.25, -0.2) is 0 Å². The van der Waals surface area contributed by atoms with Crippen LogP contribution >= 0.6 is 0 Å². The highest BCUT2D eigenvalue weighted by Gasteiger charge is 2.38. The topological polar surface area (TPSA) is 58.9 Å². The first-order valence-corrected chi connectivity index (χ1v) is 11.7. The molecule has 0 bridgehead atoms. The van der Waals surface area contributed by atoms with E-state index in [1.54, 1.807) is 0 Å². The van der Waals surface area contributed by atoms with Gasteiger partial charge in [0.05, 0.1) is 11.1 Å². The van der Waals surface area contributed by atoms with Crippen molar-refractivity contribution in [2.75, 3.05) is 0 Å². The summed E-state index contributed by atoms with van der Waals surface area (Å²) in [5, 5.41) is 0. The lowest BCUT2D eigenvalue weighted by molar-refractivity contribution is -0.0365. The second-order valence-electron chi connectivity index (χ2n) is 6.43. The van der Waals surface area contributed by atoms with Crippen molar-refractivity contribution in [2.24, 2.45) is 8.73 Å². The van der Waals surface area contributed by atoms with Gasteiger partial charge in [0.25, 0.3) is 11.8 Å². The number of hydrogen-bond donors (Lipinski definition) is 0. The van der Waals surface area contributed by atoms with Crippen LogP contribution in [0.15, 0.2) is 103 Å². The Balaban J connectivity index is 2.07. The molecule has 178 valence electrons. The second kappa shape index (κ2) is 10.4. The highest BCUT2D eigenvalue weighted by Crippen LogP contribution is 2.31. The molecule has 0 fully saturated rings. The van der Waals surface area contributed by atoms with Gasteiger partial charge in [-0.1, -0.05) is 48.5 Å². The number of carbonyl (C=O) groups is 2. The molecule has 12 heteroatoms. The normalized spacial score (nSPS) is 14.1. The summed E-state index contributed by atoms with van der Waals surface area (Å²) in [5.41, 5.74) is -10.9. The molecule has 2 atom stereocenters. The minimum Gasteiger partial charge on any atom is -0.266 e. The van der Waals surface area contributed by atoms with Gasteiger partial charge in [0.1, 0.15) is 0 Å². The summed E-state index contributed by atoms with van der Waals surface area (Å²) < 4.78 is 88.1. The molecule has 3 rings (SSSR count). The molecule has 34 heavy (non-hydrogen) atoms. The summed E-state index contributed by atoms with van der Waals surface area (Å²) >= 11 is 0. The summed E-state index contributed by atoms with van der Waals surface area (Å²) in [6.45, 7) is 0. The Morgan fingerprint density at radius 1 is 0.529 bits per heavy atom. The van der Waals surface area contributed by atoms with Gasteiger partial charge in [-0.15, -0.1) is 0 Å². The van der Waals surface area contributed by atoms with E-state index in [4.69, 9.17) is 0 Å². The number of benzene rings is 3. The largest absolute Gasteiger partial charge is 0.457 e. The van der Waals surface area contributed by atoms with Gasteiger partial charge in [-0.05, 0) is 36.4 Å². The molecule has 0 saturated heterocycles. The number of hydrogen-bond acceptors (Lipinski definition) is 2. The Morgan fingerprint density at radius 3 is 1.12 bits per heavy atom. The lowest BCUT2D eigenvalue weighted by Gasteiger charge is -2.13. The van der Waals surface area contributed by atoms with E-state index < -0.39 is 55.3 Å². The molecule has 3 aromatic rings. The number of amides is 2. The highest BCUT2D eigenvalue weighted by atomic mass is 32.2. The molecule has 2 amide bonds. The minimum absolute atomic E-state index is 0.278. The Morgan fingerprint density at radius 2 is 0.824 bits per heavy atom. The summed E-state index contributed by atoms with van der Waals surface area (Å²) in [4.78, 5) is 24.8. The van der Waals surface area contributed by atoms with E-state index >= 15 is 0 Å². The number of halogens is 6. The zero-order valence-electron chi connectivity index (χ0n) is 16.9. The molecular formula is C22H14F6N2O2S2. The highest BCUT2D eigenvalue weighted by molar-refractivity contribution is 7.88. The van der Waals surface area contributed by atoms with Gasteiger partial charge < -0.3 is 0 Å². The Kier molecular flexibility index (Phi) is 7.82. The van der Waals surface area contributed by atoms with Crippen LogP contribution in [0.25, 0.3) is 0 Å². The molecule has 0 spiro atoms.